The van der Waals surface area contributed by atoms with Crippen molar-refractivity contribution in [1.82, 2.24) is 0 Å². The van der Waals surface area contributed by atoms with Crippen molar-refractivity contribution in [2.45, 2.75) is 413 Å². The number of unbranched alkanes of at least 4 members (excludes halogenated alkanes) is 52. The molecule has 0 bridgehead atoms. The van der Waals surface area contributed by atoms with Crippen LogP contribution >= 0.6 is 0 Å². The van der Waals surface area contributed by atoms with Gasteiger partial charge in [0.2, 0.25) is 0 Å². The molecule has 496 valence electrons. The fourth-order valence-electron chi connectivity index (χ4n) is 11.4. The Hall–Kier alpha value is -1.38. The molecule has 0 aromatic carbocycles. The maximum absolute atomic E-state index is 12.5. The van der Waals surface area contributed by atoms with Crippen LogP contribution in [0, 0.1) is 11.8 Å². The van der Waals surface area contributed by atoms with Crippen LogP contribution in [0.2, 0.25) is 0 Å². The Labute approximate surface area is 558 Å². The molecule has 0 amide bonds. The summed E-state index contributed by atoms with van der Waals surface area (Å²) in [4.78, 5) is 47.5. The number of hydrogen-bond acceptors (Lipinski definition) is 6. The van der Waals surface area contributed by atoms with E-state index in [4.69, 9.17) is 9.47 Å². The van der Waals surface area contributed by atoms with E-state index < -0.39 is 23.8 Å². The van der Waals surface area contributed by atoms with Crippen molar-refractivity contribution in [2.24, 2.45) is 11.8 Å². The number of carboxylic acid groups (broad SMARTS) is 2. The maximum atomic E-state index is 12.5. The SMILES string of the molecule is CCCCCCCCCCCCC/C=C/CC(CC(=O)O)C(=O)OCCCCCCCCCCCCCCCCCC.CCCCCCCCCCCCC/C=C/CC(CC(=O)O)C(=O)OCCCCCCCCCCCCCCCCCC.[Ca+2]. The van der Waals surface area contributed by atoms with Gasteiger partial charge in [0.1, 0.15) is 0 Å². The second-order valence-corrected chi connectivity index (χ2v) is 25.6. The van der Waals surface area contributed by atoms with Gasteiger partial charge in [-0.15, -0.1) is 0 Å². The monoisotopic (exact) mass is 1230 g/mol. The quantitative estimate of drug-likeness (QED) is 0.0267. The van der Waals surface area contributed by atoms with Crippen LogP contribution in [0.3, 0.4) is 0 Å². The molecule has 9 heteroatoms. The van der Waals surface area contributed by atoms with Crippen LogP contribution in [0.4, 0.5) is 0 Å². The van der Waals surface area contributed by atoms with Crippen molar-refractivity contribution in [1.29, 1.82) is 0 Å². The van der Waals surface area contributed by atoms with Gasteiger partial charge in [0.15, 0.2) is 0 Å². The van der Waals surface area contributed by atoms with Crippen LogP contribution < -0.4 is 0 Å². The van der Waals surface area contributed by atoms with Crippen LogP contribution in [0.15, 0.2) is 24.3 Å². The number of aliphatic carboxylic acids is 2. The first-order valence-electron chi connectivity index (χ1n) is 37.3. The van der Waals surface area contributed by atoms with Crippen LogP contribution in [-0.4, -0.2) is 85.0 Å². The molecule has 0 fully saturated rings. The molecule has 8 nitrogen and oxygen atoms in total. The number of esters is 2. The smallest absolute Gasteiger partial charge is 0.481 e. The van der Waals surface area contributed by atoms with E-state index in [1.54, 1.807) is 0 Å². The van der Waals surface area contributed by atoms with Gasteiger partial charge in [-0.05, 0) is 51.4 Å². The molecule has 0 spiro atoms. The predicted molar refractivity (Wildman–Crippen MR) is 368 cm³/mol. The van der Waals surface area contributed by atoms with Crippen molar-refractivity contribution in [2.75, 3.05) is 13.2 Å². The van der Waals surface area contributed by atoms with Gasteiger partial charge in [-0.1, -0.05) is 373 Å². The van der Waals surface area contributed by atoms with Gasteiger partial charge in [0, 0.05) is 0 Å². The summed E-state index contributed by atoms with van der Waals surface area (Å²) in [6, 6.07) is 0. The molecule has 85 heavy (non-hydrogen) atoms. The summed E-state index contributed by atoms with van der Waals surface area (Å²) in [5.41, 5.74) is 0. The van der Waals surface area contributed by atoms with Crippen molar-refractivity contribution in [3.63, 3.8) is 0 Å². The van der Waals surface area contributed by atoms with Crippen LogP contribution in [0.5, 0.6) is 0 Å². The van der Waals surface area contributed by atoms with E-state index in [9.17, 15) is 29.4 Å². The summed E-state index contributed by atoms with van der Waals surface area (Å²) < 4.78 is 10.9. The fraction of sp³-hybridized carbons (Fsp3) is 0.895. The first-order valence-corrected chi connectivity index (χ1v) is 37.3. The van der Waals surface area contributed by atoms with Gasteiger partial charge in [0.05, 0.1) is 37.9 Å². The zero-order valence-corrected chi connectivity index (χ0v) is 59.6. The molecule has 0 rings (SSSR count). The summed E-state index contributed by atoms with van der Waals surface area (Å²) in [5.74, 6) is -3.71. The average Bonchev–Trinajstić information content (AvgIpc) is 3.55. The van der Waals surface area contributed by atoms with E-state index in [-0.39, 0.29) is 62.5 Å². The van der Waals surface area contributed by atoms with Gasteiger partial charge >= 0.3 is 61.6 Å². The Morgan fingerprint density at radius 1 is 0.271 bits per heavy atom. The minimum Gasteiger partial charge on any atom is -0.481 e. The molecule has 0 aliphatic heterocycles. The molecule has 0 aliphatic rings. The van der Waals surface area contributed by atoms with Crippen LogP contribution in [-0.2, 0) is 28.7 Å². The summed E-state index contributed by atoms with van der Waals surface area (Å²) in [6.07, 6.45) is 82.3. The number of carbonyl (C=O) groups excluding carboxylic acids is 2. The summed E-state index contributed by atoms with van der Waals surface area (Å²) in [6.45, 7) is 9.91. The summed E-state index contributed by atoms with van der Waals surface area (Å²) >= 11 is 0. The number of ether oxygens (including phenoxy) is 2. The average molecular weight is 1230 g/mol. The van der Waals surface area contributed by atoms with Gasteiger partial charge in [-0.2, -0.15) is 0 Å². The van der Waals surface area contributed by atoms with Crippen LogP contribution in [0.1, 0.15) is 413 Å². The third-order valence-corrected chi connectivity index (χ3v) is 17.1. The number of carboxylic acids is 2. The minimum absolute atomic E-state index is 0. The molecule has 2 atom stereocenters. The van der Waals surface area contributed by atoms with Crippen LogP contribution in [0.25, 0.3) is 0 Å². The number of rotatable bonds is 68. The number of hydrogen-bond donors (Lipinski definition) is 2. The molecule has 2 N–H and O–H groups in total. The topological polar surface area (TPSA) is 127 Å². The summed E-state index contributed by atoms with van der Waals surface area (Å²) in [5, 5.41) is 18.5. The first-order chi connectivity index (χ1) is 41.2. The zero-order valence-electron chi connectivity index (χ0n) is 57.4. The van der Waals surface area contributed by atoms with Crippen molar-refractivity contribution < 1.29 is 38.9 Å². The molecular weight excluding hydrogens is 1080 g/mol. The van der Waals surface area contributed by atoms with Gasteiger partial charge < -0.3 is 19.7 Å². The van der Waals surface area contributed by atoms with Crippen molar-refractivity contribution in [3.8, 4) is 0 Å². The molecule has 0 aromatic rings. The second-order valence-electron chi connectivity index (χ2n) is 25.6. The second kappa shape index (κ2) is 76.9. The number of carbonyl (C=O) groups is 4. The standard InChI is InChI=1S/2C38H72O4.Ca/c2*1-3-5-7-9-11-13-15-17-19-20-22-24-26-28-30-32-34-42-38(41)36(35-37(39)40)33-31-29-27-25-23-21-18-16-14-12-10-8-6-4-2;/h2*29,31,36H,3-28,30,32-35H2,1-2H3,(H,39,40);/q;;+2/b2*31-29+;. The zero-order chi connectivity index (χ0) is 61.5. The molecule has 0 heterocycles. The van der Waals surface area contributed by atoms with Gasteiger partial charge in [-0.3, -0.25) is 19.2 Å². The van der Waals surface area contributed by atoms with E-state index in [1.165, 1.54) is 321 Å². The normalized spacial score (nSPS) is 12.1. The third kappa shape index (κ3) is 75.0. The van der Waals surface area contributed by atoms with E-state index in [0.717, 1.165) is 38.5 Å². The number of allylic oxidation sites excluding steroid dienone is 4. The molecule has 0 saturated carbocycles. The Balaban J connectivity index is -0.00000156. The molecule has 2 unspecified atom stereocenters. The van der Waals surface area contributed by atoms with E-state index in [0.29, 0.717) is 26.1 Å². The Kier molecular flexibility index (Phi) is 79.4. The van der Waals surface area contributed by atoms with Gasteiger partial charge in [-0.25, -0.2) is 0 Å². The molecule has 0 saturated heterocycles. The fourth-order valence-corrected chi connectivity index (χ4v) is 11.4. The van der Waals surface area contributed by atoms with E-state index >= 15 is 0 Å². The van der Waals surface area contributed by atoms with E-state index in [1.807, 2.05) is 12.2 Å². The van der Waals surface area contributed by atoms with E-state index in [2.05, 4.69) is 39.8 Å². The Morgan fingerprint density at radius 2 is 0.447 bits per heavy atom. The maximum Gasteiger partial charge on any atom is 2.00 e. The molecule has 0 aliphatic carbocycles. The first kappa shape index (κ1) is 87.8. The van der Waals surface area contributed by atoms with Gasteiger partial charge in [0.25, 0.3) is 0 Å². The molecular formula is C76H144CaO8+2. The molecule has 0 radical (unpaired) electrons. The predicted octanol–water partition coefficient (Wildman–Crippen LogP) is 24.7. The Bertz CT molecular complexity index is 1310. The largest absolute Gasteiger partial charge is 2.00 e. The van der Waals surface area contributed by atoms with Crippen molar-refractivity contribution in [3.05, 3.63) is 24.3 Å². The third-order valence-electron chi connectivity index (χ3n) is 17.1. The van der Waals surface area contributed by atoms with Crippen molar-refractivity contribution >= 4 is 61.6 Å². The minimum atomic E-state index is -0.932. The Morgan fingerprint density at radius 3 is 0.635 bits per heavy atom. The summed E-state index contributed by atoms with van der Waals surface area (Å²) in [7, 11) is 0. The molecule has 0 aromatic heterocycles.